The Morgan fingerprint density at radius 3 is 3.13 bits per heavy atom. The zero-order chi connectivity index (χ0) is 10.7. The topological polar surface area (TPSA) is 41.1 Å². The Bertz CT molecular complexity index is 347. The summed E-state index contributed by atoms with van der Waals surface area (Å²) in [5, 5.41) is 6.07. The van der Waals surface area contributed by atoms with E-state index in [4.69, 9.17) is 11.6 Å². The second kappa shape index (κ2) is 4.96. The van der Waals surface area contributed by atoms with E-state index in [1.165, 1.54) is 11.3 Å². The first-order chi connectivity index (χ1) is 7.25. The minimum absolute atomic E-state index is 0.000402. The molecule has 2 N–H and O–H groups in total. The smallest absolute Gasteiger partial charge is 0.237 e. The van der Waals surface area contributed by atoms with Crippen LogP contribution in [0.25, 0.3) is 0 Å². The molecule has 1 aromatic rings. The number of halogens is 1. The van der Waals surface area contributed by atoms with Crippen LogP contribution >= 0.6 is 22.9 Å². The van der Waals surface area contributed by atoms with Crippen molar-refractivity contribution in [3.8, 4) is 0 Å². The lowest BCUT2D eigenvalue weighted by molar-refractivity contribution is -0.122. The van der Waals surface area contributed by atoms with Crippen LogP contribution in [0.5, 0.6) is 0 Å². The van der Waals surface area contributed by atoms with E-state index in [1.54, 1.807) is 0 Å². The zero-order valence-corrected chi connectivity index (χ0v) is 9.83. The molecule has 3 nitrogen and oxygen atoms in total. The maximum absolute atomic E-state index is 11.6. The SMILES string of the molecule is O=C(NCc1ccc(Cl)s1)C1CCCN1. The maximum atomic E-state index is 11.6. The molecule has 5 heteroatoms. The van der Waals surface area contributed by atoms with Crippen molar-refractivity contribution >= 4 is 28.8 Å². The summed E-state index contributed by atoms with van der Waals surface area (Å²) >= 11 is 7.30. The Kier molecular flexibility index (Phi) is 3.61. The van der Waals surface area contributed by atoms with Gasteiger partial charge in [-0.1, -0.05) is 11.6 Å². The van der Waals surface area contributed by atoms with E-state index in [9.17, 15) is 4.79 Å². The summed E-state index contributed by atoms with van der Waals surface area (Å²) in [6.45, 7) is 1.53. The van der Waals surface area contributed by atoms with Gasteiger partial charge in [0.1, 0.15) is 0 Å². The Balaban J connectivity index is 1.80. The van der Waals surface area contributed by atoms with Gasteiger partial charge in [0.15, 0.2) is 0 Å². The molecule has 2 rings (SSSR count). The van der Waals surface area contributed by atoms with Crippen LogP contribution in [0, 0.1) is 0 Å². The van der Waals surface area contributed by atoms with Gasteiger partial charge in [-0.15, -0.1) is 11.3 Å². The molecular weight excluding hydrogens is 232 g/mol. The van der Waals surface area contributed by atoms with Gasteiger partial charge >= 0.3 is 0 Å². The highest BCUT2D eigenvalue weighted by Gasteiger charge is 2.21. The average Bonchev–Trinajstić information content (AvgIpc) is 2.84. The molecule has 0 saturated carbocycles. The van der Waals surface area contributed by atoms with E-state index < -0.39 is 0 Å². The third-order valence-electron chi connectivity index (χ3n) is 2.44. The number of carbonyl (C=O) groups excluding carboxylic acids is 1. The van der Waals surface area contributed by atoms with Crippen LogP contribution < -0.4 is 10.6 Å². The first kappa shape index (κ1) is 10.9. The lowest BCUT2D eigenvalue weighted by atomic mass is 10.2. The molecule has 0 radical (unpaired) electrons. The normalized spacial score (nSPS) is 20.5. The summed E-state index contributed by atoms with van der Waals surface area (Å²) in [7, 11) is 0. The summed E-state index contributed by atoms with van der Waals surface area (Å²) in [6, 6.07) is 3.79. The molecular formula is C10H13ClN2OS. The van der Waals surface area contributed by atoms with Gasteiger partial charge in [-0.05, 0) is 31.5 Å². The van der Waals surface area contributed by atoms with Crippen molar-refractivity contribution in [2.75, 3.05) is 6.54 Å². The van der Waals surface area contributed by atoms with Crippen LogP contribution in [0.4, 0.5) is 0 Å². The van der Waals surface area contributed by atoms with Crippen molar-refractivity contribution in [2.45, 2.75) is 25.4 Å². The van der Waals surface area contributed by atoms with Gasteiger partial charge in [0, 0.05) is 4.88 Å². The van der Waals surface area contributed by atoms with Crippen molar-refractivity contribution in [1.82, 2.24) is 10.6 Å². The molecule has 1 unspecified atom stereocenters. The Hall–Kier alpha value is -0.580. The molecule has 1 fully saturated rings. The molecule has 1 aliphatic heterocycles. The van der Waals surface area contributed by atoms with E-state index in [0.29, 0.717) is 6.54 Å². The molecule has 1 atom stereocenters. The molecule has 0 aromatic carbocycles. The number of hydrogen-bond donors (Lipinski definition) is 2. The van der Waals surface area contributed by atoms with E-state index in [2.05, 4.69) is 10.6 Å². The van der Waals surface area contributed by atoms with Crippen LogP contribution in [0.15, 0.2) is 12.1 Å². The number of carbonyl (C=O) groups is 1. The van der Waals surface area contributed by atoms with E-state index in [-0.39, 0.29) is 11.9 Å². The van der Waals surface area contributed by atoms with Gasteiger partial charge in [0.05, 0.1) is 16.9 Å². The van der Waals surface area contributed by atoms with Crippen molar-refractivity contribution in [3.05, 3.63) is 21.3 Å². The number of nitrogens with one attached hydrogen (secondary N) is 2. The minimum atomic E-state index is 0.000402. The number of thiophene rings is 1. The first-order valence-electron chi connectivity index (χ1n) is 5.01. The van der Waals surface area contributed by atoms with Crippen molar-refractivity contribution in [1.29, 1.82) is 0 Å². The summed E-state index contributed by atoms with van der Waals surface area (Å²) in [4.78, 5) is 12.7. The van der Waals surface area contributed by atoms with Gasteiger partial charge in [0.25, 0.3) is 0 Å². The van der Waals surface area contributed by atoms with E-state index >= 15 is 0 Å². The maximum Gasteiger partial charge on any atom is 0.237 e. The molecule has 15 heavy (non-hydrogen) atoms. The van der Waals surface area contributed by atoms with E-state index in [0.717, 1.165) is 28.6 Å². The van der Waals surface area contributed by atoms with E-state index in [1.807, 2.05) is 12.1 Å². The second-order valence-electron chi connectivity index (χ2n) is 3.57. The van der Waals surface area contributed by atoms with Crippen LogP contribution in [0.3, 0.4) is 0 Å². The Morgan fingerprint density at radius 2 is 2.53 bits per heavy atom. The highest BCUT2D eigenvalue weighted by atomic mass is 35.5. The first-order valence-corrected chi connectivity index (χ1v) is 6.20. The van der Waals surface area contributed by atoms with Gasteiger partial charge in [-0.25, -0.2) is 0 Å². The molecule has 1 aliphatic rings. The van der Waals surface area contributed by atoms with Crippen molar-refractivity contribution < 1.29 is 4.79 Å². The number of amides is 1. The highest BCUT2D eigenvalue weighted by Crippen LogP contribution is 2.21. The standard InChI is InChI=1S/C10H13ClN2OS/c11-9-4-3-7(15-9)6-13-10(14)8-2-1-5-12-8/h3-4,8,12H,1-2,5-6H2,(H,13,14). The highest BCUT2D eigenvalue weighted by molar-refractivity contribution is 7.16. The summed E-state index contributed by atoms with van der Waals surface area (Å²) in [5.41, 5.74) is 0. The summed E-state index contributed by atoms with van der Waals surface area (Å²) in [6.07, 6.45) is 2.03. The third kappa shape index (κ3) is 2.93. The average molecular weight is 245 g/mol. The molecule has 1 saturated heterocycles. The monoisotopic (exact) mass is 244 g/mol. The third-order valence-corrected chi connectivity index (χ3v) is 3.67. The van der Waals surface area contributed by atoms with Crippen LogP contribution in [-0.4, -0.2) is 18.5 Å². The number of rotatable bonds is 3. The lowest BCUT2D eigenvalue weighted by Gasteiger charge is -2.09. The van der Waals surface area contributed by atoms with Crippen molar-refractivity contribution in [2.24, 2.45) is 0 Å². The molecule has 0 spiro atoms. The molecule has 1 aromatic heterocycles. The second-order valence-corrected chi connectivity index (χ2v) is 5.37. The summed E-state index contributed by atoms with van der Waals surface area (Å²) < 4.78 is 0.762. The van der Waals surface area contributed by atoms with Crippen LogP contribution in [0.1, 0.15) is 17.7 Å². The molecule has 2 heterocycles. The number of hydrogen-bond acceptors (Lipinski definition) is 3. The Labute approximate surface area is 97.8 Å². The molecule has 82 valence electrons. The minimum Gasteiger partial charge on any atom is -0.350 e. The predicted octanol–water partition coefficient (Wildman–Crippen LogP) is 1.77. The van der Waals surface area contributed by atoms with Crippen LogP contribution in [0.2, 0.25) is 4.34 Å². The zero-order valence-electron chi connectivity index (χ0n) is 8.25. The van der Waals surface area contributed by atoms with Gasteiger partial charge in [-0.3, -0.25) is 4.79 Å². The quantitative estimate of drug-likeness (QED) is 0.851. The van der Waals surface area contributed by atoms with Crippen LogP contribution in [-0.2, 0) is 11.3 Å². The fraction of sp³-hybridized carbons (Fsp3) is 0.500. The van der Waals surface area contributed by atoms with Gasteiger partial charge < -0.3 is 10.6 Å². The van der Waals surface area contributed by atoms with Gasteiger partial charge in [0.2, 0.25) is 5.91 Å². The largest absolute Gasteiger partial charge is 0.350 e. The van der Waals surface area contributed by atoms with Crippen molar-refractivity contribution in [3.63, 3.8) is 0 Å². The van der Waals surface area contributed by atoms with Gasteiger partial charge in [-0.2, -0.15) is 0 Å². The molecule has 1 amide bonds. The summed E-state index contributed by atoms with van der Waals surface area (Å²) in [5.74, 6) is 0.0945. The Morgan fingerprint density at radius 1 is 1.67 bits per heavy atom. The fourth-order valence-electron chi connectivity index (χ4n) is 1.65. The fourth-order valence-corrected chi connectivity index (χ4v) is 2.68. The lowest BCUT2D eigenvalue weighted by Crippen LogP contribution is -2.39. The molecule has 0 bridgehead atoms. The predicted molar refractivity (Wildman–Crippen MR) is 62.2 cm³/mol. The molecule has 0 aliphatic carbocycles.